The first kappa shape index (κ1) is 10.5. The van der Waals surface area contributed by atoms with Crippen LogP contribution in [-0.4, -0.2) is 17.6 Å². The first-order chi connectivity index (χ1) is 6.74. The van der Waals surface area contributed by atoms with E-state index in [4.69, 9.17) is 0 Å². The zero-order valence-electron chi connectivity index (χ0n) is 8.50. The Balaban J connectivity index is 2.46. The third-order valence-electron chi connectivity index (χ3n) is 1.92. The minimum Gasteiger partial charge on any atom is -0.338 e. The smallest absolute Gasteiger partial charge is 0.315 e. The molecule has 0 spiro atoms. The van der Waals surface area contributed by atoms with Gasteiger partial charge in [0.1, 0.15) is 0 Å². The summed E-state index contributed by atoms with van der Waals surface area (Å²) in [5.41, 5.74) is 2.18. The summed E-state index contributed by atoms with van der Waals surface area (Å²) in [6.45, 7) is 5.04. The Kier molecular flexibility index (Phi) is 3.91. The molecule has 0 saturated carbocycles. The molecule has 0 aromatic carbocycles. The molecule has 0 bridgehead atoms. The summed E-state index contributed by atoms with van der Waals surface area (Å²) in [5, 5.41) is 5.42. The summed E-state index contributed by atoms with van der Waals surface area (Å²) in [4.78, 5) is 15.1. The maximum atomic E-state index is 11.1. The minimum atomic E-state index is -0.143. The highest BCUT2D eigenvalue weighted by Gasteiger charge is 2.00. The van der Waals surface area contributed by atoms with Crippen molar-refractivity contribution < 1.29 is 4.79 Å². The van der Waals surface area contributed by atoms with Crippen LogP contribution in [0.4, 0.5) is 4.79 Å². The lowest BCUT2D eigenvalue weighted by atomic mass is 10.2. The maximum Gasteiger partial charge on any atom is 0.315 e. The van der Waals surface area contributed by atoms with Gasteiger partial charge >= 0.3 is 6.03 Å². The fourth-order valence-corrected chi connectivity index (χ4v) is 1.08. The number of rotatable bonds is 3. The third kappa shape index (κ3) is 3.05. The average molecular weight is 193 g/mol. The number of hydrogen-bond acceptors (Lipinski definition) is 2. The Morgan fingerprint density at radius 1 is 1.50 bits per heavy atom. The Hall–Kier alpha value is -1.58. The number of urea groups is 1. The molecule has 0 radical (unpaired) electrons. The Morgan fingerprint density at radius 3 is 2.93 bits per heavy atom. The molecule has 2 N–H and O–H groups in total. The van der Waals surface area contributed by atoms with Crippen molar-refractivity contribution in [2.24, 2.45) is 0 Å². The standard InChI is InChI=1S/C10H15N3O/c1-3-12-10(14)13-7-9-6-11-5-4-8(9)2/h4-6H,3,7H2,1-2H3,(H2,12,13,14). The summed E-state index contributed by atoms with van der Waals surface area (Å²) in [6, 6.07) is 1.78. The van der Waals surface area contributed by atoms with Gasteiger partial charge in [-0.2, -0.15) is 0 Å². The number of carbonyl (C=O) groups is 1. The van der Waals surface area contributed by atoms with Crippen molar-refractivity contribution >= 4 is 6.03 Å². The van der Waals surface area contributed by atoms with Crippen molar-refractivity contribution in [2.45, 2.75) is 20.4 Å². The number of nitrogens with one attached hydrogen (secondary N) is 2. The lowest BCUT2D eigenvalue weighted by Crippen LogP contribution is -2.34. The Morgan fingerprint density at radius 2 is 2.29 bits per heavy atom. The van der Waals surface area contributed by atoms with Crippen LogP contribution in [0.25, 0.3) is 0 Å². The molecule has 0 aliphatic rings. The van der Waals surface area contributed by atoms with Gasteiger partial charge in [0.25, 0.3) is 0 Å². The molecule has 4 nitrogen and oxygen atoms in total. The molecule has 0 saturated heterocycles. The molecule has 1 heterocycles. The Labute approximate surface area is 83.7 Å². The van der Waals surface area contributed by atoms with Crippen molar-refractivity contribution in [2.75, 3.05) is 6.54 Å². The SMILES string of the molecule is CCNC(=O)NCc1cnccc1C. The molecule has 1 rings (SSSR count). The van der Waals surface area contributed by atoms with Crippen molar-refractivity contribution in [1.29, 1.82) is 0 Å². The molecule has 4 heteroatoms. The van der Waals surface area contributed by atoms with Gasteiger partial charge in [-0.3, -0.25) is 4.98 Å². The fraction of sp³-hybridized carbons (Fsp3) is 0.400. The van der Waals surface area contributed by atoms with Gasteiger partial charge in [-0.15, -0.1) is 0 Å². The molecule has 0 unspecified atom stereocenters. The molecular weight excluding hydrogens is 178 g/mol. The van der Waals surface area contributed by atoms with E-state index in [0.717, 1.165) is 11.1 Å². The monoisotopic (exact) mass is 193 g/mol. The molecule has 76 valence electrons. The molecule has 1 aromatic heterocycles. The van der Waals surface area contributed by atoms with E-state index in [0.29, 0.717) is 13.1 Å². The van der Waals surface area contributed by atoms with Crippen LogP contribution in [0, 0.1) is 6.92 Å². The number of nitrogens with zero attached hydrogens (tertiary/aromatic N) is 1. The second-order valence-corrected chi connectivity index (χ2v) is 3.02. The predicted molar refractivity (Wildman–Crippen MR) is 54.9 cm³/mol. The largest absolute Gasteiger partial charge is 0.338 e. The van der Waals surface area contributed by atoms with Crippen LogP contribution in [-0.2, 0) is 6.54 Å². The van der Waals surface area contributed by atoms with Gasteiger partial charge in [-0.05, 0) is 31.0 Å². The molecule has 2 amide bonds. The topological polar surface area (TPSA) is 54.0 Å². The van der Waals surface area contributed by atoms with E-state index in [9.17, 15) is 4.79 Å². The highest BCUT2D eigenvalue weighted by molar-refractivity contribution is 5.73. The van der Waals surface area contributed by atoms with E-state index in [1.165, 1.54) is 0 Å². The zero-order chi connectivity index (χ0) is 10.4. The van der Waals surface area contributed by atoms with E-state index in [1.54, 1.807) is 12.4 Å². The molecule has 14 heavy (non-hydrogen) atoms. The van der Waals surface area contributed by atoms with Crippen LogP contribution >= 0.6 is 0 Å². The van der Waals surface area contributed by atoms with Crippen molar-refractivity contribution in [3.05, 3.63) is 29.6 Å². The van der Waals surface area contributed by atoms with Gasteiger partial charge in [0.05, 0.1) is 0 Å². The van der Waals surface area contributed by atoms with Gasteiger partial charge in [-0.25, -0.2) is 4.79 Å². The zero-order valence-corrected chi connectivity index (χ0v) is 8.50. The average Bonchev–Trinajstić information content (AvgIpc) is 2.17. The molecule has 1 aromatic rings. The molecule has 0 atom stereocenters. The molecule has 0 aliphatic heterocycles. The number of amides is 2. The first-order valence-corrected chi connectivity index (χ1v) is 4.65. The first-order valence-electron chi connectivity index (χ1n) is 4.65. The van der Waals surface area contributed by atoms with Crippen molar-refractivity contribution in [3.8, 4) is 0 Å². The lowest BCUT2D eigenvalue weighted by molar-refractivity contribution is 0.241. The minimum absolute atomic E-state index is 0.143. The van der Waals surface area contributed by atoms with E-state index in [-0.39, 0.29) is 6.03 Å². The number of aryl methyl sites for hydroxylation is 1. The number of carbonyl (C=O) groups excluding carboxylic acids is 1. The summed E-state index contributed by atoms with van der Waals surface area (Å²) < 4.78 is 0. The lowest BCUT2D eigenvalue weighted by Gasteiger charge is -2.07. The summed E-state index contributed by atoms with van der Waals surface area (Å²) in [7, 11) is 0. The van der Waals surface area contributed by atoms with Crippen molar-refractivity contribution in [3.63, 3.8) is 0 Å². The maximum absolute atomic E-state index is 11.1. The second kappa shape index (κ2) is 5.21. The van der Waals surface area contributed by atoms with E-state index < -0.39 is 0 Å². The van der Waals surface area contributed by atoms with E-state index >= 15 is 0 Å². The Bertz CT molecular complexity index is 312. The number of aromatic nitrogens is 1. The number of pyridine rings is 1. The normalized spacial score (nSPS) is 9.57. The summed E-state index contributed by atoms with van der Waals surface area (Å²) >= 11 is 0. The molecular formula is C10H15N3O. The van der Waals surface area contributed by atoms with Crippen LogP contribution < -0.4 is 10.6 Å². The van der Waals surface area contributed by atoms with Gasteiger partial charge in [0.15, 0.2) is 0 Å². The van der Waals surface area contributed by atoms with Crippen LogP contribution in [0.2, 0.25) is 0 Å². The van der Waals surface area contributed by atoms with Gasteiger partial charge in [-0.1, -0.05) is 0 Å². The fourth-order valence-electron chi connectivity index (χ4n) is 1.08. The molecule has 0 aliphatic carbocycles. The van der Waals surface area contributed by atoms with Crippen LogP contribution in [0.3, 0.4) is 0 Å². The van der Waals surface area contributed by atoms with Crippen molar-refractivity contribution in [1.82, 2.24) is 15.6 Å². The predicted octanol–water partition coefficient (Wildman–Crippen LogP) is 1.21. The highest BCUT2D eigenvalue weighted by atomic mass is 16.2. The van der Waals surface area contributed by atoms with Gasteiger partial charge in [0.2, 0.25) is 0 Å². The van der Waals surface area contributed by atoms with E-state index in [2.05, 4.69) is 15.6 Å². The quantitative estimate of drug-likeness (QED) is 0.758. The van der Waals surface area contributed by atoms with Crippen LogP contribution in [0.5, 0.6) is 0 Å². The van der Waals surface area contributed by atoms with Gasteiger partial charge < -0.3 is 10.6 Å². The summed E-state index contributed by atoms with van der Waals surface area (Å²) in [6.07, 6.45) is 3.51. The molecule has 0 fully saturated rings. The van der Waals surface area contributed by atoms with Gasteiger partial charge in [0, 0.05) is 25.5 Å². The summed E-state index contributed by atoms with van der Waals surface area (Å²) in [5.74, 6) is 0. The van der Waals surface area contributed by atoms with Crippen LogP contribution in [0.15, 0.2) is 18.5 Å². The highest BCUT2D eigenvalue weighted by Crippen LogP contribution is 2.03. The second-order valence-electron chi connectivity index (χ2n) is 3.02. The van der Waals surface area contributed by atoms with Crippen LogP contribution in [0.1, 0.15) is 18.1 Å². The van der Waals surface area contributed by atoms with E-state index in [1.807, 2.05) is 19.9 Å². The number of hydrogen-bond donors (Lipinski definition) is 2. The third-order valence-corrected chi connectivity index (χ3v) is 1.92.